The van der Waals surface area contributed by atoms with Crippen molar-refractivity contribution in [3.05, 3.63) is 12.7 Å². The van der Waals surface area contributed by atoms with Gasteiger partial charge in [-0.25, -0.2) is 0 Å². The Kier molecular flexibility index (Phi) is 4.14. The van der Waals surface area contributed by atoms with Crippen LogP contribution in [0.3, 0.4) is 0 Å². The van der Waals surface area contributed by atoms with Crippen molar-refractivity contribution in [2.75, 3.05) is 19.7 Å². The second-order valence-corrected chi connectivity index (χ2v) is 4.92. The van der Waals surface area contributed by atoms with Crippen LogP contribution in [0.4, 0.5) is 0 Å². The maximum absolute atomic E-state index is 8.93. The molecule has 14 heavy (non-hydrogen) atoms. The molecule has 0 aromatic heterocycles. The number of aliphatic hydroxyl groups excluding tert-OH is 1. The molecule has 0 aromatic rings. The van der Waals surface area contributed by atoms with Crippen molar-refractivity contribution in [2.45, 2.75) is 38.6 Å². The molecule has 1 fully saturated rings. The van der Waals surface area contributed by atoms with E-state index in [0.717, 1.165) is 19.5 Å². The molecule has 1 N–H and O–H groups in total. The van der Waals surface area contributed by atoms with Crippen LogP contribution >= 0.6 is 0 Å². The van der Waals surface area contributed by atoms with E-state index in [9.17, 15) is 0 Å². The number of hydrogen-bond donors (Lipinski definition) is 1. The summed E-state index contributed by atoms with van der Waals surface area (Å²) in [6.07, 6.45) is 5.36. The molecule has 1 unspecified atom stereocenters. The molecule has 0 radical (unpaired) electrons. The zero-order chi connectivity index (χ0) is 10.6. The van der Waals surface area contributed by atoms with Crippen molar-refractivity contribution >= 4 is 0 Å². The van der Waals surface area contributed by atoms with E-state index in [2.05, 4.69) is 25.3 Å². The summed E-state index contributed by atoms with van der Waals surface area (Å²) in [6, 6.07) is 0. The van der Waals surface area contributed by atoms with Crippen LogP contribution in [0.25, 0.3) is 0 Å². The Morgan fingerprint density at radius 2 is 2.29 bits per heavy atom. The summed E-state index contributed by atoms with van der Waals surface area (Å²) >= 11 is 0. The lowest BCUT2D eigenvalue weighted by atomic mass is 9.81. The maximum atomic E-state index is 8.93. The van der Waals surface area contributed by atoms with Gasteiger partial charge in [0.1, 0.15) is 0 Å². The van der Waals surface area contributed by atoms with Crippen molar-refractivity contribution < 1.29 is 5.11 Å². The topological polar surface area (TPSA) is 23.5 Å². The molecular weight excluding hydrogens is 174 g/mol. The molecule has 0 spiro atoms. The summed E-state index contributed by atoms with van der Waals surface area (Å²) in [7, 11) is 0. The molecular formula is C12H23NO. The average Bonchev–Trinajstić information content (AvgIpc) is 2.10. The molecule has 1 aliphatic heterocycles. The van der Waals surface area contributed by atoms with Gasteiger partial charge in [0.2, 0.25) is 0 Å². The number of rotatable bonds is 4. The summed E-state index contributed by atoms with van der Waals surface area (Å²) < 4.78 is 0. The van der Waals surface area contributed by atoms with Gasteiger partial charge >= 0.3 is 0 Å². The van der Waals surface area contributed by atoms with Crippen LogP contribution in [-0.2, 0) is 0 Å². The second-order valence-electron chi connectivity index (χ2n) is 4.92. The summed E-state index contributed by atoms with van der Waals surface area (Å²) in [5.41, 5.74) is 0.270. The predicted molar refractivity (Wildman–Crippen MR) is 60.3 cm³/mol. The van der Waals surface area contributed by atoms with E-state index in [4.69, 9.17) is 5.11 Å². The zero-order valence-corrected chi connectivity index (χ0v) is 9.50. The van der Waals surface area contributed by atoms with Crippen molar-refractivity contribution in [2.24, 2.45) is 5.92 Å². The Hall–Kier alpha value is -0.340. The van der Waals surface area contributed by atoms with Gasteiger partial charge in [-0.2, -0.15) is 0 Å². The molecule has 1 heterocycles. The van der Waals surface area contributed by atoms with E-state index in [1.54, 1.807) is 0 Å². The van der Waals surface area contributed by atoms with E-state index in [1.165, 1.54) is 12.8 Å². The number of likely N-dealkylation sites (tertiary alicyclic amines) is 1. The van der Waals surface area contributed by atoms with Gasteiger partial charge in [0.05, 0.1) is 0 Å². The van der Waals surface area contributed by atoms with Gasteiger partial charge in [-0.3, -0.25) is 4.90 Å². The van der Waals surface area contributed by atoms with E-state index < -0.39 is 0 Å². The highest BCUT2D eigenvalue weighted by Gasteiger charge is 2.33. The van der Waals surface area contributed by atoms with E-state index in [1.807, 2.05) is 6.08 Å². The van der Waals surface area contributed by atoms with Crippen molar-refractivity contribution in [3.63, 3.8) is 0 Å². The lowest BCUT2D eigenvalue weighted by Gasteiger charge is -2.45. The monoisotopic (exact) mass is 197 g/mol. The lowest BCUT2D eigenvalue weighted by molar-refractivity contribution is 0.0493. The molecule has 82 valence electrons. The fourth-order valence-electron chi connectivity index (χ4n) is 2.50. The lowest BCUT2D eigenvalue weighted by Crippen LogP contribution is -2.50. The van der Waals surface area contributed by atoms with Gasteiger partial charge in [-0.05, 0) is 45.6 Å². The molecule has 1 rings (SSSR count). The summed E-state index contributed by atoms with van der Waals surface area (Å²) in [5.74, 6) is 0.705. The zero-order valence-electron chi connectivity index (χ0n) is 9.50. The highest BCUT2D eigenvalue weighted by molar-refractivity contribution is 4.92. The molecule has 0 aromatic carbocycles. The smallest absolute Gasteiger partial charge is 0.0433 e. The standard InChI is InChI=1S/C12H23NO/c1-4-7-13-8-5-11(6-9-14)10-12(13,2)3/h4,11,14H,1,5-10H2,2-3H3. The third kappa shape index (κ3) is 2.82. The van der Waals surface area contributed by atoms with E-state index >= 15 is 0 Å². The quantitative estimate of drug-likeness (QED) is 0.697. The number of piperidine rings is 1. The van der Waals surface area contributed by atoms with Crippen molar-refractivity contribution in [1.82, 2.24) is 4.90 Å². The highest BCUT2D eigenvalue weighted by Crippen LogP contribution is 2.32. The second kappa shape index (κ2) is 4.94. The number of aliphatic hydroxyl groups is 1. The van der Waals surface area contributed by atoms with Crippen molar-refractivity contribution in [3.8, 4) is 0 Å². The Morgan fingerprint density at radius 3 is 2.79 bits per heavy atom. The maximum Gasteiger partial charge on any atom is 0.0433 e. The van der Waals surface area contributed by atoms with Gasteiger partial charge in [0.25, 0.3) is 0 Å². The third-order valence-corrected chi connectivity index (χ3v) is 3.34. The largest absolute Gasteiger partial charge is 0.396 e. The number of nitrogens with zero attached hydrogens (tertiary/aromatic N) is 1. The first kappa shape index (κ1) is 11.7. The van der Waals surface area contributed by atoms with Crippen molar-refractivity contribution in [1.29, 1.82) is 0 Å². The molecule has 0 aliphatic carbocycles. The first-order valence-electron chi connectivity index (χ1n) is 5.57. The Morgan fingerprint density at radius 1 is 1.57 bits per heavy atom. The van der Waals surface area contributed by atoms with Crippen LogP contribution in [0.1, 0.15) is 33.1 Å². The fraction of sp³-hybridized carbons (Fsp3) is 0.833. The molecule has 2 heteroatoms. The first-order valence-corrected chi connectivity index (χ1v) is 5.57. The molecule has 0 amide bonds. The molecule has 1 aliphatic rings. The van der Waals surface area contributed by atoms with E-state index in [-0.39, 0.29) is 5.54 Å². The van der Waals surface area contributed by atoms with Crippen LogP contribution in [0.2, 0.25) is 0 Å². The first-order chi connectivity index (χ1) is 6.60. The van der Waals surface area contributed by atoms with Gasteiger partial charge < -0.3 is 5.11 Å². The Bertz CT molecular complexity index is 189. The SMILES string of the molecule is C=CCN1CCC(CCO)CC1(C)C. The summed E-state index contributed by atoms with van der Waals surface area (Å²) in [6.45, 7) is 10.8. The fourth-order valence-corrected chi connectivity index (χ4v) is 2.50. The average molecular weight is 197 g/mol. The number of hydrogen-bond acceptors (Lipinski definition) is 2. The van der Waals surface area contributed by atoms with Crippen LogP contribution in [0, 0.1) is 5.92 Å². The Labute approximate surface area is 87.6 Å². The van der Waals surface area contributed by atoms with Crippen LogP contribution in [0.15, 0.2) is 12.7 Å². The van der Waals surface area contributed by atoms with Gasteiger partial charge in [-0.15, -0.1) is 6.58 Å². The van der Waals surface area contributed by atoms with Gasteiger partial charge in [-0.1, -0.05) is 6.08 Å². The molecule has 0 saturated carbocycles. The minimum atomic E-state index is 0.270. The minimum Gasteiger partial charge on any atom is -0.396 e. The molecule has 1 saturated heterocycles. The van der Waals surface area contributed by atoms with Crippen LogP contribution in [-0.4, -0.2) is 35.2 Å². The molecule has 1 atom stereocenters. The Balaban J connectivity index is 2.51. The summed E-state index contributed by atoms with van der Waals surface area (Å²) in [5, 5.41) is 8.93. The molecule has 2 nitrogen and oxygen atoms in total. The van der Waals surface area contributed by atoms with Gasteiger partial charge in [0, 0.05) is 18.7 Å². The minimum absolute atomic E-state index is 0.270. The highest BCUT2D eigenvalue weighted by atomic mass is 16.3. The molecule has 0 bridgehead atoms. The third-order valence-electron chi connectivity index (χ3n) is 3.34. The van der Waals surface area contributed by atoms with E-state index in [0.29, 0.717) is 12.5 Å². The van der Waals surface area contributed by atoms with Gasteiger partial charge in [0.15, 0.2) is 0 Å². The van der Waals surface area contributed by atoms with Crippen LogP contribution < -0.4 is 0 Å². The summed E-state index contributed by atoms with van der Waals surface area (Å²) in [4.78, 5) is 2.48. The predicted octanol–water partition coefficient (Wildman–Crippen LogP) is 2.05. The normalized spacial score (nSPS) is 27.5. The van der Waals surface area contributed by atoms with Crippen LogP contribution in [0.5, 0.6) is 0 Å².